The lowest BCUT2D eigenvalue weighted by Crippen LogP contribution is -2.62. The zero-order chi connectivity index (χ0) is 74.8. The number of aromatic amines is 3. The Morgan fingerprint density at radius 2 is 1.21 bits per heavy atom. The number of nitrogens with two attached hydrogens (primary N) is 1. The molecule has 1 saturated heterocycles. The van der Waals surface area contributed by atoms with Gasteiger partial charge in [-0.15, -0.1) is 0 Å². The molecule has 0 spiro atoms. The van der Waals surface area contributed by atoms with Crippen molar-refractivity contribution in [2.24, 2.45) is 5.73 Å². The average Bonchev–Trinajstić information content (AvgIpc) is 1.59. The molecule has 32 heteroatoms. The third kappa shape index (κ3) is 20.4. The van der Waals surface area contributed by atoms with E-state index in [0.717, 1.165) is 18.6 Å². The Morgan fingerprint density at radius 3 is 1.79 bits per heavy atom. The number of hydrogen-bond donors (Lipinski definition) is 15. The van der Waals surface area contributed by atoms with Crippen LogP contribution in [0.15, 0.2) is 110 Å². The van der Waals surface area contributed by atoms with E-state index in [2.05, 4.69) is 73.1 Å². The molecule has 0 saturated carbocycles. The van der Waals surface area contributed by atoms with Crippen LogP contribution in [0.2, 0.25) is 0 Å². The lowest BCUT2D eigenvalue weighted by Gasteiger charge is -2.36. The van der Waals surface area contributed by atoms with Crippen molar-refractivity contribution in [1.82, 2.24) is 78.0 Å². The minimum atomic E-state index is -2.04. The number of aromatic nitrogens is 4. The monoisotopic (exact) mass is 1440 g/mol. The number of fused-ring (bicyclic) bond motifs is 33. The van der Waals surface area contributed by atoms with E-state index < -0.39 is 162 Å². The van der Waals surface area contributed by atoms with Crippen molar-refractivity contribution >= 4 is 92.8 Å². The number of carboxylic acids is 1. The van der Waals surface area contributed by atoms with Gasteiger partial charge in [-0.1, -0.05) is 36.4 Å². The molecular weight excluding hydrogens is 1350 g/mol. The van der Waals surface area contributed by atoms with E-state index in [-0.39, 0.29) is 85.9 Å². The Morgan fingerprint density at radius 1 is 0.654 bits per heavy atom. The molecular formula is C72H86F2N16O14. The Bertz CT molecular complexity index is 4280. The van der Waals surface area contributed by atoms with Crippen LogP contribution in [0.25, 0.3) is 21.8 Å². The number of halogens is 2. The van der Waals surface area contributed by atoms with Crippen LogP contribution >= 0.6 is 0 Å². The maximum absolute atomic E-state index is 15.2. The van der Waals surface area contributed by atoms with Crippen LogP contribution in [-0.4, -0.2) is 182 Å². The predicted molar refractivity (Wildman–Crippen MR) is 374 cm³/mol. The van der Waals surface area contributed by atoms with Crippen molar-refractivity contribution in [3.8, 4) is 5.75 Å². The molecule has 104 heavy (non-hydrogen) atoms. The standard InChI is InChI=1S/C72H86F2N16O14/c1-39-63(95)85-55(27-44-35-78-52-19-15-46(73)29-50(44)52)65(97)86-56(28-45-36-79-53-20-16-47(74)30-51(45)53)66(98)88-59(33-62(93)94)69(101)87-57(31-48-37-76-38-81-48)67(99)89-60(26-42-13-17-49(104-4)18-14-42)70(102)90-25-7-22-72(90,3)71(103)77-24-21-41-9-11-43(12-10-41)34-80-61(92)32-58(83-40(2)91)68(100)84-54(64(96)82-39)8-5-6-23-75/h9-20,29-30,35-39,54-60,78-79H,5-8,21-28,31-34,75H2,1-4H3,(H,76,81)(H,77,103)(H,80,92)(H,82,96)(H,83,91)(H,84,100)(H,85,95)(H,86,97)(H,87,101)(H,88,98)(H,89,99)(H,93,94)/t39-,54+,55?,56+,57-,58+,59+,60+,72+/m1/s1. The van der Waals surface area contributed by atoms with E-state index in [1.165, 1.54) is 74.2 Å². The fourth-order valence-electron chi connectivity index (χ4n) is 12.7. The number of amides is 11. The fourth-order valence-corrected chi connectivity index (χ4v) is 12.7. The molecule has 3 aliphatic rings. The zero-order valence-corrected chi connectivity index (χ0v) is 57.8. The van der Waals surface area contributed by atoms with Crippen molar-refractivity contribution in [2.45, 2.75) is 158 Å². The van der Waals surface area contributed by atoms with Crippen molar-refractivity contribution in [2.75, 3.05) is 26.7 Å². The number of ether oxygens (including phenoxy) is 1. The van der Waals surface area contributed by atoms with Gasteiger partial charge >= 0.3 is 5.97 Å². The number of nitrogens with zero attached hydrogens (tertiary/aromatic N) is 2. The maximum Gasteiger partial charge on any atom is 0.305 e. The summed E-state index contributed by atoms with van der Waals surface area (Å²) < 4.78 is 35.4. The summed E-state index contributed by atoms with van der Waals surface area (Å²) >= 11 is 0. The highest BCUT2D eigenvalue weighted by Gasteiger charge is 2.48. The van der Waals surface area contributed by atoms with Gasteiger partial charge in [-0.2, -0.15) is 0 Å². The average molecular weight is 1440 g/mol. The molecule has 9 atom stereocenters. The van der Waals surface area contributed by atoms with Gasteiger partial charge in [0.1, 0.15) is 71.3 Å². The van der Waals surface area contributed by atoms with Crippen LogP contribution in [0.1, 0.15) is 99.2 Å². The first-order valence-electron chi connectivity index (χ1n) is 34.1. The minimum Gasteiger partial charge on any atom is -0.497 e. The summed E-state index contributed by atoms with van der Waals surface area (Å²) in [5, 5.41) is 37.3. The Labute approximate surface area is 596 Å². The van der Waals surface area contributed by atoms with Gasteiger partial charge in [0.05, 0.1) is 26.3 Å². The molecule has 4 aromatic carbocycles. The number of nitrogens with one attached hydrogen (secondary N) is 13. The zero-order valence-electron chi connectivity index (χ0n) is 57.8. The van der Waals surface area contributed by atoms with Crippen LogP contribution in [0.4, 0.5) is 8.78 Å². The molecule has 3 aromatic heterocycles. The van der Waals surface area contributed by atoms with Crippen molar-refractivity contribution in [1.29, 1.82) is 0 Å². The molecule has 552 valence electrons. The molecule has 16 N–H and O–H groups in total. The van der Waals surface area contributed by atoms with Crippen molar-refractivity contribution < 1.29 is 76.2 Å². The number of imidazole rings is 1. The third-order valence-corrected chi connectivity index (χ3v) is 18.4. The van der Waals surface area contributed by atoms with Crippen molar-refractivity contribution in [3.63, 3.8) is 0 Å². The number of rotatable bonds is 16. The molecule has 2 bridgehead atoms. The van der Waals surface area contributed by atoms with E-state index in [0.29, 0.717) is 47.2 Å². The van der Waals surface area contributed by atoms with E-state index >= 15 is 23.6 Å². The molecule has 10 rings (SSSR count). The van der Waals surface area contributed by atoms with Gasteiger partial charge in [0.25, 0.3) is 0 Å². The second-order valence-electron chi connectivity index (χ2n) is 26.2. The van der Waals surface area contributed by atoms with Crippen LogP contribution in [0.5, 0.6) is 5.75 Å². The van der Waals surface area contributed by atoms with Gasteiger partial charge in [-0.3, -0.25) is 57.5 Å². The second kappa shape index (κ2) is 35.4. The Kier molecular flexibility index (Phi) is 26.0. The highest BCUT2D eigenvalue weighted by molar-refractivity contribution is 6.01. The normalized spacial score (nSPS) is 22.9. The number of methoxy groups -OCH3 is 1. The molecule has 3 aliphatic heterocycles. The molecule has 1 unspecified atom stereocenters. The van der Waals surface area contributed by atoms with Gasteiger partial charge in [-0.05, 0) is 135 Å². The quantitative estimate of drug-likeness (QED) is 0.0478. The Balaban J connectivity index is 1.08. The lowest BCUT2D eigenvalue weighted by molar-refractivity contribution is -0.146. The van der Waals surface area contributed by atoms with Crippen molar-refractivity contribution in [3.05, 3.63) is 155 Å². The summed E-state index contributed by atoms with van der Waals surface area (Å²) in [5.41, 5.74) is 7.96. The first kappa shape index (κ1) is 76.6. The summed E-state index contributed by atoms with van der Waals surface area (Å²) in [6.07, 6.45) is 4.03. The van der Waals surface area contributed by atoms with Crippen LogP contribution in [0, 0.1) is 11.6 Å². The molecule has 6 heterocycles. The highest BCUT2D eigenvalue weighted by Crippen LogP contribution is 2.31. The molecule has 7 aromatic rings. The SMILES string of the molecule is COc1ccc(C[C@@H]2NC(=O)[C@@H](Cc3cnc[nH]3)NC(=O)[C@H](CC(=O)O)NC(=O)[C@H](Cc3c[nH]c4ccc(F)cc34)NC(=O)C(Cc3c[nH]c4ccc(F)cc34)NC(=O)[C@@H](C)NC(=O)[C@H](CCCCN)NC(=O)[C@@H](NC(C)=O)CC(=O)NCc3ccc(cc3)CCNC(=O)[C@]3(C)CCCN3C2=O)cc1. The largest absolute Gasteiger partial charge is 0.497 e. The molecule has 1 fully saturated rings. The lowest BCUT2D eigenvalue weighted by atomic mass is 9.95. The Hall–Kier alpha value is -11.6. The molecule has 11 amide bonds. The number of hydrogen-bond acceptors (Lipinski definition) is 15. The first-order chi connectivity index (χ1) is 49.8. The molecule has 0 radical (unpaired) electrons. The predicted octanol–water partition coefficient (Wildman–Crippen LogP) is 1.21. The smallest absolute Gasteiger partial charge is 0.305 e. The maximum atomic E-state index is 15.2. The van der Waals surface area contributed by atoms with Gasteiger partial charge in [0, 0.05) is 98.3 Å². The number of H-pyrrole nitrogens is 3. The van der Waals surface area contributed by atoms with E-state index in [4.69, 9.17) is 10.5 Å². The number of unbranched alkanes of at least 4 members (excludes halogenated alkanes) is 1. The number of carboxylic acid groups (broad SMARTS) is 1. The number of carbonyl (C=O) groups excluding carboxylic acids is 11. The fraction of sp³-hybridized carbons (Fsp3) is 0.403. The van der Waals surface area contributed by atoms with E-state index in [1.54, 1.807) is 55.5 Å². The molecule has 30 nitrogen and oxygen atoms in total. The summed E-state index contributed by atoms with van der Waals surface area (Å²) in [6.45, 7) is 4.45. The molecule has 0 aliphatic carbocycles. The third-order valence-electron chi connectivity index (χ3n) is 18.4. The van der Waals surface area contributed by atoms with Gasteiger partial charge in [-0.25, -0.2) is 13.8 Å². The second-order valence-corrected chi connectivity index (χ2v) is 26.2. The summed E-state index contributed by atoms with van der Waals surface area (Å²) in [6, 6.07) is 8.22. The topological polar surface area (TPSA) is 444 Å². The van der Waals surface area contributed by atoms with E-state index in [1.807, 2.05) is 0 Å². The minimum absolute atomic E-state index is 0.00462. The van der Waals surface area contributed by atoms with Crippen LogP contribution in [-0.2, 0) is 96.2 Å². The highest BCUT2D eigenvalue weighted by atomic mass is 19.1. The van der Waals surface area contributed by atoms with Gasteiger partial charge in [0.2, 0.25) is 65.0 Å². The number of carbonyl (C=O) groups is 12. The van der Waals surface area contributed by atoms with Gasteiger partial charge < -0.3 is 88.6 Å². The van der Waals surface area contributed by atoms with Crippen LogP contribution < -0.4 is 63.6 Å². The summed E-state index contributed by atoms with van der Waals surface area (Å²) in [5.74, 6) is -12.3. The summed E-state index contributed by atoms with van der Waals surface area (Å²) in [7, 11) is 1.47. The van der Waals surface area contributed by atoms with Crippen LogP contribution in [0.3, 0.4) is 0 Å². The number of aliphatic carboxylic acids is 1. The summed E-state index contributed by atoms with van der Waals surface area (Å²) in [4.78, 5) is 186. The number of benzene rings is 4. The first-order valence-corrected chi connectivity index (χ1v) is 34.1. The van der Waals surface area contributed by atoms with Gasteiger partial charge in [0.15, 0.2) is 0 Å². The van der Waals surface area contributed by atoms with E-state index in [9.17, 15) is 47.9 Å².